The molecule has 0 aromatic carbocycles. The van der Waals surface area contributed by atoms with Gasteiger partial charge in [-0.25, -0.2) is 4.79 Å². The summed E-state index contributed by atoms with van der Waals surface area (Å²) in [6.45, 7) is 1.77. The van der Waals surface area contributed by atoms with Gasteiger partial charge in [0.1, 0.15) is 5.76 Å². The van der Waals surface area contributed by atoms with Crippen LogP contribution in [0.5, 0.6) is 0 Å². The first-order chi connectivity index (χ1) is 4.74. The Hall–Kier alpha value is -0.520. The smallest absolute Gasteiger partial charge is 0.383 e. The van der Waals surface area contributed by atoms with Crippen LogP contribution in [-0.4, -0.2) is 5.97 Å². The van der Waals surface area contributed by atoms with Crippen LogP contribution in [0, 0.1) is 6.92 Å². The van der Waals surface area contributed by atoms with Gasteiger partial charge in [-0.2, -0.15) is 0 Å². The molecule has 0 aliphatic heterocycles. The lowest BCUT2D eigenvalue weighted by Gasteiger charge is -1.88. The van der Waals surface area contributed by atoms with Crippen LogP contribution in [0.2, 0.25) is 0 Å². The molecule has 0 radical (unpaired) electrons. The molecular weight excluding hydrogens is 247 g/mol. The fourth-order valence-electron chi connectivity index (χ4n) is 0.582. The summed E-state index contributed by atoms with van der Waals surface area (Å²) < 4.78 is 9.34. The minimum Gasteiger partial charge on any atom is -0.454 e. The molecule has 0 unspecified atom stereocenters. The summed E-state index contributed by atoms with van der Waals surface area (Å²) in [5, 5.41) is 0. The fourth-order valence-corrected chi connectivity index (χ4v) is 0.799. The topological polar surface area (TPSA) is 39.4 Å². The molecule has 0 saturated heterocycles. The molecule has 4 heteroatoms. The Morgan fingerprint density at radius 2 is 2.40 bits per heavy atom. The second-order valence-electron chi connectivity index (χ2n) is 1.77. The Bertz CT molecular complexity index is 241. The van der Waals surface area contributed by atoms with Crippen molar-refractivity contribution in [2.75, 3.05) is 0 Å². The number of rotatable bonds is 1. The number of halogens is 1. The van der Waals surface area contributed by atoms with Crippen LogP contribution in [0.15, 0.2) is 16.5 Å². The maximum Gasteiger partial charge on any atom is 0.383 e. The van der Waals surface area contributed by atoms with E-state index in [-0.39, 0.29) is 5.76 Å². The van der Waals surface area contributed by atoms with Gasteiger partial charge in [0, 0.05) is 0 Å². The van der Waals surface area contributed by atoms with E-state index < -0.39 is 5.97 Å². The Labute approximate surface area is 72.0 Å². The van der Waals surface area contributed by atoms with E-state index in [1.54, 1.807) is 19.1 Å². The molecule has 10 heavy (non-hydrogen) atoms. The van der Waals surface area contributed by atoms with Crippen molar-refractivity contribution in [1.29, 1.82) is 0 Å². The summed E-state index contributed by atoms with van der Waals surface area (Å²) in [7, 11) is 0. The van der Waals surface area contributed by atoms with E-state index in [2.05, 4.69) is 3.07 Å². The van der Waals surface area contributed by atoms with Gasteiger partial charge in [-0.15, -0.1) is 0 Å². The van der Waals surface area contributed by atoms with Crippen LogP contribution >= 0.6 is 23.0 Å². The normalized spacial score (nSPS) is 9.40. The van der Waals surface area contributed by atoms with E-state index in [4.69, 9.17) is 4.42 Å². The lowest BCUT2D eigenvalue weighted by molar-refractivity contribution is 0.0767. The number of hydrogen-bond acceptors (Lipinski definition) is 3. The van der Waals surface area contributed by atoms with Crippen LogP contribution in [-0.2, 0) is 3.07 Å². The average molecular weight is 252 g/mol. The van der Waals surface area contributed by atoms with Gasteiger partial charge in [-0.05, 0) is 19.1 Å². The molecular formula is C6H5IO3. The van der Waals surface area contributed by atoms with Gasteiger partial charge in [0.15, 0.2) is 23.0 Å². The van der Waals surface area contributed by atoms with Crippen molar-refractivity contribution >= 4 is 29.0 Å². The van der Waals surface area contributed by atoms with Crippen LogP contribution in [0.3, 0.4) is 0 Å². The number of carbonyl (C=O) groups excluding carboxylic acids is 1. The van der Waals surface area contributed by atoms with Gasteiger partial charge < -0.3 is 7.48 Å². The van der Waals surface area contributed by atoms with Crippen molar-refractivity contribution in [2.24, 2.45) is 0 Å². The molecule has 3 nitrogen and oxygen atoms in total. The molecule has 0 fully saturated rings. The van der Waals surface area contributed by atoms with Gasteiger partial charge in [-0.1, -0.05) is 0 Å². The molecule has 0 saturated carbocycles. The number of aryl methyl sites for hydroxylation is 1. The summed E-state index contributed by atoms with van der Waals surface area (Å²) in [5.41, 5.74) is 0. The zero-order chi connectivity index (χ0) is 7.56. The Kier molecular flexibility index (Phi) is 2.31. The van der Waals surface area contributed by atoms with Gasteiger partial charge in [-0.3, -0.25) is 0 Å². The summed E-state index contributed by atoms with van der Waals surface area (Å²) in [6.07, 6.45) is 0. The van der Waals surface area contributed by atoms with Crippen LogP contribution in [0.4, 0.5) is 0 Å². The third-order valence-electron chi connectivity index (χ3n) is 1.01. The highest BCUT2D eigenvalue weighted by Gasteiger charge is 2.09. The van der Waals surface area contributed by atoms with Crippen LogP contribution in [0.1, 0.15) is 16.3 Å². The average Bonchev–Trinajstić information content (AvgIpc) is 2.34. The number of hydrogen-bond donors (Lipinski definition) is 0. The quantitative estimate of drug-likeness (QED) is 0.718. The molecule has 0 aliphatic rings. The predicted octanol–water partition coefficient (Wildman–Crippen LogP) is 2.09. The summed E-state index contributed by atoms with van der Waals surface area (Å²) >= 11 is 1.52. The molecule has 1 aromatic heterocycles. The van der Waals surface area contributed by atoms with Gasteiger partial charge >= 0.3 is 5.97 Å². The Morgan fingerprint density at radius 3 is 2.80 bits per heavy atom. The van der Waals surface area contributed by atoms with E-state index in [1.165, 1.54) is 23.0 Å². The Morgan fingerprint density at radius 1 is 1.70 bits per heavy atom. The second-order valence-corrected chi connectivity index (χ2v) is 2.22. The molecule has 1 aromatic rings. The molecule has 0 bridgehead atoms. The first-order valence-corrected chi connectivity index (χ1v) is 3.51. The fraction of sp³-hybridized carbons (Fsp3) is 0.167. The molecule has 0 amide bonds. The van der Waals surface area contributed by atoms with Crippen LogP contribution < -0.4 is 0 Å². The zero-order valence-corrected chi connectivity index (χ0v) is 7.41. The maximum absolute atomic E-state index is 10.7. The lowest BCUT2D eigenvalue weighted by Crippen LogP contribution is -1.93. The van der Waals surface area contributed by atoms with Gasteiger partial charge in [0.25, 0.3) is 0 Å². The molecule has 0 atom stereocenters. The van der Waals surface area contributed by atoms with E-state index in [0.717, 1.165) is 0 Å². The third-order valence-corrected chi connectivity index (χ3v) is 1.41. The Balaban J connectivity index is 2.85. The molecule has 0 aliphatic carbocycles. The highest BCUT2D eigenvalue weighted by atomic mass is 127. The number of carbonyl (C=O) groups is 1. The minimum absolute atomic E-state index is 0.243. The third kappa shape index (κ3) is 1.50. The number of furan rings is 1. The molecule has 1 heterocycles. The van der Waals surface area contributed by atoms with Crippen molar-refractivity contribution in [3.63, 3.8) is 0 Å². The molecule has 0 N–H and O–H groups in total. The standard InChI is InChI=1S/C6H5IO3/c1-4-2-3-5(9-4)6(8)10-7/h2-3H,1H3. The van der Waals surface area contributed by atoms with Crippen molar-refractivity contribution in [3.8, 4) is 0 Å². The SMILES string of the molecule is Cc1ccc(C(=O)OI)o1. The highest BCUT2D eigenvalue weighted by Crippen LogP contribution is 2.08. The summed E-state index contributed by atoms with van der Waals surface area (Å²) in [4.78, 5) is 10.7. The monoisotopic (exact) mass is 252 g/mol. The molecule has 1 rings (SSSR count). The van der Waals surface area contributed by atoms with Gasteiger partial charge in [0.2, 0.25) is 5.76 Å². The van der Waals surface area contributed by atoms with Crippen molar-refractivity contribution < 1.29 is 12.3 Å². The minimum atomic E-state index is -0.450. The van der Waals surface area contributed by atoms with E-state index in [1.807, 2.05) is 0 Å². The maximum atomic E-state index is 10.7. The van der Waals surface area contributed by atoms with E-state index in [0.29, 0.717) is 5.76 Å². The second kappa shape index (κ2) is 3.05. The predicted molar refractivity (Wildman–Crippen MR) is 42.9 cm³/mol. The first-order valence-electron chi connectivity index (χ1n) is 2.63. The van der Waals surface area contributed by atoms with Crippen molar-refractivity contribution in [1.82, 2.24) is 0 Å². The van der Waals surface area contributed by atoms with E-state index >= 15 is 0 Å². The van der Waals surface area contributed by atoms with Crippen molar-refractivity contribution in [3.05, 3.63) is 23.7 Å². The zero-order valence-electron chi connectivity index (χ0n) is 5.26. The van der Waals surface area contributed by atoms with Gasteiger partial charge in [0.05, 0.1) is 0 Å². The summed E-state index contributed by atoms with van der Waals surface area (Å²) in [6, 6.07) is 3.29. The lowest BCUT2D eigenvalue weighted by atomic mass is 10.4. The summed E-state index contributed by atoms with van der Waals surface area (Å²) in [5.74, 6) is 0.498. The molecule has 0 spiro atoms. The first kappa shape index (κ1) is 7.59. The largest absolute Gasteiger partial charge is 0.454 e. The van der Waals surface area contributed by atoms with E-state index in [9.17, 15) is 4.79 Å². The molecule has 54 valence electrons. The van der Waals surface area contributed by atoms with Crippen LogP contribution in [0.25, 0.3) is 0 Å². The highest BCUT2D eigenvalue weighted by molar-refractivity contribution is 14.1. The van der Waals surface area contributed by atoms with Crippen molar-refractivity contribution in [2.45, 2.75) is 6.92 Å².